The summed E-state index contributed by atoms with van der Waals surface area (Å²) in [5, 5.41) is 9.95. The first kappa shape index (κ1) is 23.5. The predicted molar refractivity (Wildman–Crippen MR) is 141 cm³/mol. The number of benzene rings is 3. The molecule has 1 aliphatic heterocycles. The van der Waals surface area contributed by atoms with Crippen molar-refractivity contribution in [3.05, 3.63) is 89.1 Å². The average molecular weight is 484 g/mol. The molecule has 0 radical (unpaired) electrons. The van der Waals surface area contributed by atoms with Crippen molar-refractivity contribution in [3.8, 4) is 11.5 Å². The second-order valence-electron chi connectivity index (χ2n) is 9.09. The minimum absolute atomic E-state index is 0.0108. The van der Waals surface area contributed by atoms with Crippen LogP contribution in [0.2, 0.25) is 0 Å². The van der Waals surface area contributed by atoms with Crippen LogP contribution >= 0.6 is 0 Å². The van der Waals surface area contributed by atoms with Crippen LogP contribution < -0.4 is 25.4 Å². The minimum Gasteiger partial charge on any atom is -0.493 e. The molecule has 1 heterocycles. The summed E-state index contributed by atoms with van der Waals surface area (Å²) in [6.45, 7) is 1.48. The van der Waals surface area contributed by atoms with Crippen LogP contribution in [0.1, 0.15) is 42.9 Å². The van der Waals surface area contributed by atoms with Gasteiger partial charge in [-0.1, -0.05) is 30.3 Å². The normalized spacial score (nSPS) is 18.7. The molecule has 2 aliphatic rings. The number of carbonyl (C=O) groups excluding carboxylic acids is 2. The van der Waals surface area contributed by atoms with E-state index in [4.69, 9.17) is 9.47 Å². The highest BCUT2D eigenvalue weighted by molar-refractivity contribution is 6.01. The zero-order valence-corrected chi connectivity index (χ0v) is 20.6. The molecule has 1 amide bonds. The monoisotopic (exact) mass is 483 g/mol. The van der Waals surface area contributed by atoms with Gasteiger partial charge in [-0.25, -0.2) is 0 Å². The number of methoxy groups -OCH3 is 2. The molecule has 0 unspecified atom stereocenters. The Balaban J connectivity index is 1.54. The second-order valence-corrected chi connectivity index (χ2v) is 9.09. The van der Waals surface area contributed by atoms with E-state index in [1.165, 1.54) is 6.92 Å². The third-order valence-electron chi connectivity index (χ3n) is 6.75. The van der Waals surface area contributed by atoms with Gasteiger partial charge in [-0.2, -0.15) is 0 Å². The van der Waals surface area contributed by atoms with Gasteiger partial charge in [-0.05, 0) is 59.9 Å². The van der Waals surface area contributed by atoms with Gasteiger partial charge < -0.3 is 25.4 Å². The quantitative estimate of drug-likeness (QED) is 0.435. The maximum atomic E-state index is 13.7. The molecule has 7 heteroatoms. The van der Waals surface area contributed by atoms with Crippen LogP contribution in [0.15, 0.2) is 78.0 Å². The summed E-state index contributed by atoms with van der Waals surface area (Å²) < 4.78 is 10.9. The summed E-state index contributed by atoms with van der Waals surface area (Å²) in [6, 6.07) is 21.1. The molecule has 0 bridgehead atoms. The van der Waals surface area contributed by atoms with E-state index in [0.29, 0.717) is 24.3 Å². The van der Waals surface area contributed by atoms with Crippen molar-refractivity contribution in [2.75, 3.05) is 30.2 Å². The van der Waals surface area contributed by atoms with E-state index in [0.717, 1.165) is 39.5 Å². The van der Waals surface area contributed by atoms with E-state index in [-0.39, 0.29) is 23.7 Å². The van der Waals surface area contributed by atoms with Crippen LogP contribution in [0.25, 0.3) is 0 Å². The molecule has 0 spiro atoms. The minimum atomic E-state index is -0.318. The van der Waals surface area contributed by atoms with Gasteiger partial charge in [0.25, 0.3) is 0 Å². The van der Waals surface area contributed by atoms with Crippen molar-refractivity contribution in [3.63, 3.8) is 0 Å². The van der Waals surface area contributed by atoms with E-state index < -0.39 is 0 Å². The number of rotatable bonds is 5. The van der Waals surface area contributed by atoms with Gasteiger partial charge in [0.2, 0.25) is 5.91 Å². The highest BCUT2D eigenvalue weighted by Gasteiger charge is 2.36. The summed E-state index contributed by atoms with van der Waals surface area (Å²) in [6.07, 6.45) is 1.08. The molecule has 2 atom stereocenters. The van der Waals surface area contributed by atoms with Gasteiger partial charge in [-0.3, -0.25) is 9.59 Å². The Morgan fingerprint density at radius 3 is 2.28 bits per heavy atom. The third-order valence-corrected chi connectivity index (χ3v) is 6.75. The van der Waals surface area contributed by atoms with Crippen LogP contribution in [0.4, 0.5) is 17.1 Å². The first-order valence-corrected chi connectivity index (χ1v) is 11.9. The third kappa shape index (κ3) is 4.52. The second kappa shape index (κ2) is 9.77. The Kier molecular flexibility index (Phi) is 6.38. The lowest BCUT2D eigenvalue weighted by Crippen LogP contribution is -2.26. The summed E-state index contributed by atoms with van der Waals surface area (Å²) in [7, 11) is 3.23. The number of ether oxygens (including phenoxy) is 2. The van der Waals surface area contributed by atoms with E-state index >= 15 is 0 Å². The molecular weight excluding hydrogens is 454 g/mol. The number of para-hydroxylation sites is 2. The van der Waals surface area contributed by atoms with E-state index in [1.807, 2.05) is 66.7 Å². The lowest BCUT2D eigenvalue weighted by atomic mass is 9.78. The maximum Gasteiger partial charge on any atom is 0.221 e. The Bertz CT molecular complexity index is 1350. The van der Waals surface area contributed by atoms with Crippen molar-refractivity contribution in [1.82, 2.24) is 0 Å². The number of ketones is 1. The highest BCUT2D eigenvalue weighted by Crippen LogP contribution is 2.45. The van der Waals surface area contributed by atoms with Gasteiger partial charge in [0.15, 0.2) is 17.3 Å². The molecule has 184 valence electrons. The smallest absolute Gasteiger partial charge is 0.221 e. The molecule has 36 heavy (non-hydrogen) atoms. The number of nitrogens with one attached hydrogen (secondary N) is 3. The summed E-state index contributed by atoms with van der Waals surface area (Å²) >= 11 is 0. The van der Waals surface area contributed by atoms with Crippen LogP contribution in [-0.2, 0) is 9.59 Å². The molecule has 5 rings (SSSR count). The Morgan fingerprint density at radius 2 is 1.58 bits per heavy atom. The summed E-state index contributed by atoms with van der Waals surface area (Å²) in [4.78, 5) is 25.2. The van der Waals surface area contributed by atoms with Crippen molar-refractivity contribution in [2.24, 2.45) is 0 Å². The molecule has 0 aromatic heterocycles. The van der Waals surface area contributed by atoms with Crippen LogP contribution in [0.5, 0.6) is 11.5 Å². The van der Waals surface area contributed by atoms with Crippen LogP contribution in [0.3, 0.4) is 0 Å². The number of Topliss-reactive ketones (excluding diaryl/α,β-unsaturated/α-hetero) is 1. The molecular formula is C29H29N3O4. The Hall–Kier alpha value is -4.26. The van der Waals surface area contributed by atoms with Gasteiger partial charge in [0, 0.05) is 30.3 Å². The first-order valence-electron chi connectivity index (χ1n) is 11.9. The van der Waals surface area contributed by atoms with Crippen molar-refractivity contribution < 1.29 is 19.1 Å². The SMILES string of the molecule is COc1ccc([C@@H]2CC(=O)C3=C(C2)Nc2ccccc2N[C@@H]3c2ccc(NC(C)=O)cc2)cc1OC. The van der Waals surface area contributed by atoms with Crippen molar-refractivity contribution in [2.45, 2.75) is 31.7 Å². The standard InChI is InChI=1S/C29H29N3O4/c1-17(33)30-21-11-8-18(9-12-21)29-28-24(31-22-6-4-5-7-23(22)32-29)14-20(15-25(28)34)19-10-13-26(35-2)27(16-19)36-3/h4-13,16,20,29,31-32H,14-15H2,1-3H3,(H,30,33)/t20-,29+/m0/s1. The predicted octanol–water partition coefficient (Wildman–Crippen LogP) is 5.64. The largest absolute Gasteiger partial charge is 0.493 e. The summed E-state index contributed by atoms with van der Waals surface area (Å²) in [5.41, 5.74) is 6.23. The topological polar surface area (TPSA) is 88.7 Å². The fraction of sp³-hybridized carbons (Fsp3) is 0.241. The zero-order chi connectivity index (χ0) is 25.2. The number of anilines is 3. The van der Waals surface area contributed by atoms with Gasteiger partial charge >= 0.3 is 0 Å². The van der Waals surface area contributed by atoms with Gasteiger partial charge in [0.05, 0.1) is 31.6 Å². The number of hydrogen-bond donors (Lipinski definition) is 3. The first-order chi connectivity index (χ1) is 17.5. The number of hydrogen-bond acceptors (Lipinski definition) is 6. The maximum absolute atomic E-state index is 13.7. The molecule has 1 aliphatic carbocycles. The Labute approximate surface area is 210 Å². The number of carbonyl (C=O) groups is 2. The summed E-state index contributed by atoms with van der Waals surface area (Å²) in [5.74, 6) is 1.30. The number of allylic oxidation sites excluding steroid dienone is 1. The Morgan fingerprint density at radius 1 is 0.889 bits per heavy atom. The molecule has 0 saturated carbocycles. The zero-order valence-electron chi connectivity index (χ0n) is 20.6. The molecule has 0 saturated heterocycles. The number of amides is 1. The lowest BCUT2D eigenvalue weighted by Gasteiger charge is -2.30. The van der Waals surface area contributed by atoms with E-state index in [1.54, 1.807) is 14.2 Å². The van der Waals surface area contributed by atoms with E-state index in [9.17, 15) is 9.59 Å². The van der Waals surface area contributed by atoms with Crippen molar-refractivity contribution >= 4 is 28.8 Å². The van der Waals surface area contributed by atoms with Crippen LogP contribution in [0, 0.1) is 0 Å². The van der Waals surface area contributed by atoms with Gasteiger partial charge in [0.1, 0.15) is 0 Å². The molecule has 0 fully saturated rings. The van der Waals surface area contributed by atoms with Crippen molar-refractivity contribution in [1.29, 1.82) is 0 Å². The molecule has 3 aromatic rings. The van der Waals surface area contributed by atoms with E-state index in [2.05, 4.69) is 16.0 Å². The van der Waals surface area contributed by atoms with Gasteiger partial charge in [-0.15, -0.1) is 0 Å². The van der Waals surface area contributed by atoms with Crippen LogP contribution in [-0.4, -0.2) is 25.9 Å². The fourth-order valence-electron chi connectivity index (χ4n) is 5.05. The molecule has 3 N–H and O–H groups in total. The lowest BCUT2D eigenvalue weighted by molar-refractivity contribution is -0.116. The fourth-order valence-corrected chi connectivity index (χ4v) is 5.05. The molecule has 7 nitrogen and oxygen atoms in total. The average Bonchev–Trinajstić information content (AvgIpc) is 3.05. The molecule has 3 aromatic carbocycles. The highest BCUT2D eigenvalue weighted by atomic mass is 16.5. The number of fused-ring (bicyclic) bond motifs is 1.